The molecule has 5 nitrogen and oxygen atoms in total. The molecule has 2 N–H and O–H groups in total. The van der Waals surface area contributed by atoms with Gasteiger partial charge in [-0.1, -0.05) is 0 Å². The molecular weight excluding hydrogens is 391 g/mol. The maximum Gasteiger partial charge on any atom is 0.226 e. The number of nitrogens with zero attached hydrogens (tertiary/aromatic N) is 3. The Kier molecular flexibility index (Phi) is 9.83. The van der Waals surface area contributed by atoms with E-state index in [0.29, 0.717) is 5.91 Å². The molecule has 0 radical (unpaired) electrons. The Morgan fingerprint density at radius 2 is 1.96 bits per heavy atom. The predicted octanol–water partition coefficient (Wildman–Crippen LogP) is 3.24. The normalized spacial score (nSPS) is 23.0. The highest BCUT2D eigenvalue weighted by Gasteiger charge is 2.34. The lowest BCUT2D eigenvalue weighted by Crippen LogP contribution is -2.54. The summed E-state index contributed by atoms with van der Waals surface area (Å²) in [5.74, 6) is 0.527. The molecule has 26 heavy (non-hydrogen) atoms. The fraction of sp³-hybridized carbons (Fsp3) is 0.778. The minimum absolute atomic E-state index is 0. The molecule has 3 rings (SSSR count). The molecule has 2 aliphatic heterocycles. The SMILES string of the molecule is Cc1nc(CN2CCC(C(=O)N3CCCCC3C(C)N)CC2)cs1.Cl.Cl. The Hall–Kier alpha value is -0.400. The van der Waals surface area contributed by atoms with Crippen molar-refractivity contribution in [1.82, 2.24) is 14.8 Å². The van der Waals surface area contributed by atoms with Crippen LogP contribution in [0.15, 0.2) is 5.38 Å². The Morgan fingerprint density at radius 3 is 2.54 bits per heavy atom. The predicted molar refractivity (Wildman–Crippen MR) is 112 cm³/mol. The number of rotatable bonds is 4. The number of thiazole rings is 1. The summed E-state index contributed by atoms with van der Waals surface area (Å²) < 4.78 is 0. The van der Waals surface area contributed by atoms with Gasteiger partial charge in [-0.25, -0.2) is 4.98 Å². The third-order valence-corrected chi connectivity index (χ3v) is 6.25. The van der Waals surface area contributed by atoms with Gasteiger partial charge in [0.2, 0.25) is 5.91 Å². The van der Waals surface area contributed by atoms with Crippen molar-refractivity contribution in [3.8, 4) is 0 Å². The first-order valence-corrected chi connectivity index (χ1v) is 10.1. The fourth-order valence-electron chi connectivity index (χ4n) is 4.06. The van der Waals surface area contributed by atoms with Crippen LogP contribution in [0, 0.1) is 12.8 Å². The number of amides is 1. The van der Waals surface area contributed by atoms with Crippen molar-refractivity contribution >= 4 is 42.1 Å². The van der Waals surface area contributed by atoms with E-state index in [9.17, 15) is 4.79 Å². The maximum absolute atomic E-state index is 13.0. The van der Waals surface area contributed by atoms with Crippen molar-refractivity contribution < 1.29 is 4.79 Å². The highest BCUT2D eigenvalue weighted by Crippen LogP contribution is 2.26. The van der Waals surface area contributed by atoms with Crippen LogP contribution in [0.1, 0.15) is 49.7 Å². The standard InChI is InChI=1S/C18H30N4OS.2ClH/c1-13(19)17-5-3-4-8-22(17)18(23)15-6-9-21(10-7-15)11-16-12-24-14(2)20-16;;/h12-13,15,17H,3-11,19H2,1-2H3;2*1H. The van der Waals surface area contributed by atoms with E-state index in [1.54, 1.807) is 11.3 Å². The highest BCUT2D eigenvalue weighted by atomic mass is 35.5. The second-order valence-corrected chi connectivity index (χ2v) is 8.42. The lowest BCUT2D eigenvalue weighted by atomic mass is 9.91. The Morgan fingerprint density at radius 1 is 1.27 bits per heavy atom. The van der Waals surface area contributed by atoms with Crippen molar-refractivity contribution in [1.29, 1.82) is 0 Å². The van der Waals surface area contributed by atoms with Gasteiger partial charge in [-0.15, -0.1) is 36.2 Å². The second kappa shape index (κ2) is 10.8. The number of aromatic nitrogens is 1. The molecule has 2 aliphatic rings. The first kappa shape index (κ1) is 23.6. The molecule has 150 valence electrons. The first-order valence-electron chi connectivity index (χ1n) is 9.24. The minimum Gasteiger partial charge on any atom is -0.338 e. The van der Waals surface area contributed by atoms with Crippen LogP contribution in [0.2, 0.25) is 0 Å². The van der Waals surface area contributed by atoms with E-state index in [-0.39, 0.29) is 42.8 Å². The number of nitrogens with two attached hydrogens (primary N) is 1. The molecule has 0 aromatic carbocycles. The molecule has 8 heteroatoms. The van der Waals surface area contributed by atoms with Gasteiger partial charge in [0, 0.05) is 36.5 Å². The van der Waals surface area contributed by atoms with E-state index in [1.165, 1.54) is 6.42 Å². The molecule has 2 unspecified atom stereocenters. The molecule has 0 aliphatic carbocycles. The lowest BCUT2D eigenvalue weighted by Gasteiger charge is -2.41. The van der Waals surface area contributed by atoms with Gasteiger partial charge in [-0.3, -0.25) is 9.69 Å². The molecule has 2 saturated heterocycles. The second-order valence-electron chi connectivity index (χ2n) is 7.36. The molecule has 1 aromatic heterocycles. The summed E-state index contributed by atoms with van der Waals surface area (Å²) in [5.41, 5.74) is 7.29. The van der Waals surface area contributed by atoms with E-state index in [2.05, 4.69) is 20.2 Å². The molecule has 0 spiro atoms. The van der Waals surface area contributed by atoms with Gasteiger partial charge in [-0.05, 0) is 59.0 Å². The van der Waals surface area contributed by atoms with Gasteiger partial charge < -0.3 is 10.6 Å². The van der Waals surface area contributed by atoms with Gasteiger partial charge >= 0.3 is 0 Å². The fourth-order valence-corrected chi connectivity index (χ4v) is 4.66. The zero-order chi connectivity index (χ0) is 17.1. The van der Waals surface area contributed by atoms with Crippen molar-refractivity contribution in [2.45, 2.75) is 64.6 Å². The molecule has 0 saturated carbocycles. The summed E-state index contributed by atoms with van der Waals surface area (Å²) in [6, 6.07) is 0.310. The van der Waals surface area contributed by atoms with Crippen LogP contribution < -0.4 is 5.73 Å². The smallest absolute Gasteiger partial charge is 0.226 e. The van der Waals surface area contributed by atoms with Crippen molar-refractivity contribution in [2.75, 3.05) is 19.6 Å². The van der Waals surface area contributed by atoms with Gasteiger partial charge in [-0.2, -0.15) is 0 Å². The molecule has 2 atom stereocenters. The van der Waals surface area contributed by atoms with Crippen LogP contribution in [0.4, 0.5) is 0 Å². The molecule has 1 aromatic rings. The third-order valence-electron chi connectivity index (χ3n) is 5.43. The summed E-state index contributed by atoms with van der Waals surface area (Å²) in [5, 5.41) is 3.27. The van der Waals surface area contributed by atoms with Crippen LogP contribution in [0.5, 0.6) is 0 Å². The van der Waals surface area contributed by atoms with Crippen LogP contribution in [-0.4, -0.2) is 52.4 Å². The average molecular weight is 423 g/mol. The summed E-state index contributed by atoms with van der Waals surface area (Å²) in [6.45, 7) is 7.87. The Balaban J connectivity index is 0.00000169. The monoisotopic (exact) mass is 422 g/mol. The molecule has 2 fully saturated rings. The largest absolute Gasteiger partial charge is 0.338 e. The van der Waals surface area contributed by atoms with Crippen molar-refractivity contribution in [3.63, 3.8) is 0 Å². The topological polar surface area (TPSA) is 62.5 Å². The Labute approximate surface area is 173 Å². The number of halogens is 2. The number of aryl methyl sites for hydroxylation is 1. The molecule has 3 heterocycles. The summed E-state index contributed by atoms with van der Waals surface area (Å²) >= 11 is 1.71. The van der Waals surface area contributed by atoms with E-state index in [1.807, 2.05) is 13.8 Å². The third kappa shape index (κ3) is 5.80. The first-order chi connectivity index (χ1) is 11.5. The van der Waals surface area contributed by atoms with Crippen molar-refractivity contribution in [3.05, 3.63) is 16.1 Å². The molecular formula is C18H32Cl2N4OS. The number of hydrogen-bond donors (Lipinski definition) is 1. The number of piperidine rings is 2. The Bertz CT molecular complexity index is 561. The van der Waals surface area contributed by atoms with Crippen LogP contribution in [0.3, 0.4) is 0 Å². The van der Waals surface area contributed by atoms with Gasteiger partial charge in [0.15, 0.2) is 0 Å². The summed E-state index contributed by atoms with van der Waals surface area (Å²) in [4.78, 5) is 22.1. The number of carbonyl (C=O) groups is 1. The molecule has 1 amide bonds. The van der Waals surface area contributed by atoms with Crippen LogP contribution >= 0.6 is 36.2 Å². The van der Waals surface area contributed by atoms with Gasteiger partial charge in [0.05, 0.1) is 10.7 Å². The summed E-state index contributed by atoms with van der Waals surface area (Å²) in [7, 11) is 0. The van der Waals surface area contributed by atoms with E-state index >= 15 is 0 Å². The zero-order valence-electron chi connectivity index (χ0n) is 15.7. The molecule has 0 bridgehead atoms. The minimum atomic E-state index is 0. The highest BCUT2D eigenvalue weighted by molar-refractivity contribution is 7.09. The number of hydrogen-bond acceptors (Lipinski definition) is 5. The van der Waals surface area contributed by atoms with E-state index in [4.69, 9.17) is 5.73 Å². The van der Waals surface area contributed by atoms with Gasteiger partial charge in [0.25, 0.3) is 0 Å². The average Bonchev–Trinajstić information content (AvgIpc) is 3.00. The quantitative estimate of drug-likeness (QED) is 0.808. The van der Waals surface area contributed by atoms with E-state index < -0.39 is 0 Å². The number of likely N-dealkylation sites (tertiary alicyclic amines) is 2. The zero-order valence-corrected chi connectivity index (χ0v) is 18.2. The van der Waals surface area contributed by atoms with Gasteiger partial charge in [0.1, 0.15) is 0 Å². The lowest BCUT2D eigenvalue weighted by molar-refractivity contribution is -0.141. The van der Waals surface area contributed by atoms with E-state index in [0.717, 1.165) is 62.6 Å². The van der Waals surface area contributed by atoms with Crippen LogP contribution in [0.25, 0.3) is 0 Å². The maximum atomic E-state index is 13.0. The van der Waals surface area contributed by atoms with Crippen LogP contribution in [-0.2, 0) is 11.3 Å². The number of carbonyl (C=O) groups excluding carboxylic acids is 1. The summed E-state index contributed by atoms with van der Waals surface area (Å²) in [6.07, 6.45) is 5.30. The van der Waals surface area contributed by atoms with Crippen molar-refractivity contribution in [2.24, 2.45) is 11.7 Å².